The number of rotatable bonds is 5. The SMILES string of the molecule is C/C(=N\NC(=S)Nc1ccc(C(C)C)cc1)c1cccc([N+](=O)[O-])c1. The quantitative estimate of drug-likeness (QED) is 0.359. The molecule has 0 spiro atoms. The maximum absolute atomic E-state index is 10.8. The van der Waals surface area contributed by atoms with Crippen LogP contribution in [0.15, 0.2) is 53.6 Å². The van der Waals surface area contributed by atoms with Gasteiger partial charge >= 0.3 is 0 Å². The number of nitrogens with zero attached hydrogens (tertiary/aromatic N) is 2. The van der Waals surface area contributed by atoms with Crippen molar-refractivity contribution in [2.24, 2.45) is 5.10 Å². The van der Waals surface area contributed by atoms with E-state index < -0.39 is 4.92 Å². The second-order valence-electron chi connectivity index (χ2n) is 5.85. The van der Waals surface area contributed by atoms with Gasteiger partial charge in [0.15, 0.2) is 5.11 Å². The molecule has 6 nitrogen and oxygen atoms in total. The average Bonchev–Trinajstić information content (AvgIpc) is 2.60. The number of nitro benzene ring substituents is 1. The lowest BCUT2D eigenvalue weighted by Crippen LogP contribution is -2.25. The molecular formula is C18H20N4O2S. The van der Waals surface area contributed by atoms with Gasteiger partial charge in [0.25, 0.3) is 5.69 Å². The first-order valence-corrected chi connectivity index (χ1v) is 8.23. The van der Waals surface area contributed by atoms with Gasteiger partial charge in [0.1, 0.15) is 0 Å². The molecule has 0 aliphatic rings. The first-order valence-electron chi connectivity index (χ1n) is 7.83. The maximum Gasteiger partial charge on any atom is 0.270 e. The van der Waals surface area contributed by atoms with Gasteiger partial charge in [0, 0.05) is 23.4 Å². The fourth-order valence-electron chi connectivity index (χ4n) is 2.15. The Morgan fingerprint density at radius 1 is 1.20 bits per heavy atom. The van der Waals surface area contributed by atoms with Crippen LogP contribution in [0.1, 0.15) is 37.8 Å². The smallest absolute Gasteiger partial charge is 0.270 e. The third-order valence-corrected chi connectivity index (χ3v) is 3.83. The second-order valence-corrected chi connectivity index (χ2v) is 6.26. The predicted octanol–water partition coefficient (Wildman–Crippen LogP) is 4.43. The molecule has 0 radical (unpaired) electrons. The summed E-state index contributed by atoms with van der Waals surface area (Å²) in [4.78, 5) is 10.4. The molecule has 130 valence electrons. The first kappa shape index (κ1) is 18.5. The Morgan fingerprint density at radius 3 is 2.48 bits per heavy atom. The monoisotopic (exact) mass is 356 g/mol. The summed E-state index contributed by atoms with van der Waals surface area (Å²) in [5, 5.41) is 18.4. The second kappa shape index (κ2) is 8.34. The van der Waals surface area contributed by atoms with Crippen LogP contribution in [0.5, 0.6) is 0 Å². The van der Waals surface area contributed by atoms with Crippen LogP contribution < -0.4 is 10.7 Å². The summed E-state index contributed by atoms with van der Waals surface area (Å²) >= 11 is 5.22. The van der Waals surface area contributed by atoms with E-state index in [1.165, 1.54) is 17.7 Å². The Hall–Kier alpha value is -2.80. The van der Waals surface area contributed by atoms with E-state index in [-0.39, 0.29) is 5.69 Å². The van der Waals surface area contributed by atoms with E-state index in [0.717, 1.165) is 5.69 Å². The number of benzene rings is 2. The first-order chi connectivity index (χ1) is 11.9. The van der Waals surface area contributed by atoms with Gasteiger partial charge in [-0.25, -0.2) is 0 Å². The van der Waals surface area contributed by atoms with Gasteiger partial charge in [-0.05, 0) is 42.8 Å². The van der Waals surface area contributed by atoms with Crippen LogP contribution in [-0.2, 0) is 0 Å². The standard InChI is InChI=1S/C18H20N4O2S/c1-12(2)14-7-9-16(10-8-14)19-18(25)21-20-13(3)15-5-4-6-17(11-15)22(23)24/h4-12H,1-3H3,(H2,19,21,25)/b20-13+. The predicted molar refractivity (Wildman–Crippen MR) is 105 cm³/mol. The van der Waals surface area contributed by atoms with E-state index in [4.69, 9.17) is 12.2 Å². The summed E-state index contributed by atoms with van der Waals surface area (Å²) in [6.45, 7) is 6.03. The van der Waals surface area contributed by atoms with E-state index in [9.17, 15) is 10.1 Å². The number of anilines is 1. The molecule has 0 saturated heterocycles. The van der Waals surface area contributed by atoms with Crippen LogP contribution in [0, 0.1) is 10.1 Å². The highest BCUT2D eigenvalue weighted by molar-refractivity contribution is 7.80. The molecule has 25 heavy (non-hydrogen) atoms. The van der Waals surface area contributed by atoms with Crippen molar-refractivity contribution in [1.82, 2.24) is 5.43 Å². The summed E-state index contributed by atoms with van der Waals surface area (Å²) in [5.74, 6) is 0.473. The molecule has 2 rings (SSSR count). The molecule has 0 aliphatic carbocycles. The van der Waals surface area contributed by atoms with Crippen molar-refractivity contribution in [2.45, 2.75) is 26.7 Å². The zero-order valence-corrected chi connectivity index (χ0v) is 15.1. The molecule has 0 aliphatic heterocycles. The minimum Gasteiger partial charge on any atom is -0.331 e. The molecule has 0 bridgehead atoms. The summed E-state index contributed by atoms with van der Waals surface area (Å²) < 4.78 is 0. The van der Waals surface area contributed by atoms with Gasteiger partial charge in [-0.15, -0.1) is 0 Å². The van der Waals surface area contributed by atoms with Crippen molar-refractivity contribution in [3.63, 3.8) is 0 Å². The van der Waals surface area contributed by atoms with Crippen molar-refractivity contribution in [3.05, 3.63) is 69.8 Å². The zero-order valence-electron chi connectivity index (χ0n) is 14.3. The number of hydrogen-bond donors (Lipinski definition) is 2. The Balaban J connectivity index is 1.99. The lowest BCUT2D eigenvalue weighted by molar-refractivity contribution is -0.384. The lowest BCUT2D eigenvalue weighted by atomic mass is 10.0. The van der Waals surface area contributed by atoms with Crippen LogP contribution in [0.3, 0.4) is 0 Å². The van der Waals surface area contributed by atoms with Crippen LogP contribution >= 0.6 is 12.2 Å². The normalized spacial score (nSPS) is 11.3. The van der Waals surface area contributed by atoms with E-state index in [0.29, 0.717) is 22.3 Å². The number of hydrazone groups is 1. The van der Waals surface area contributed by atoms with Crippen molar-refractivity contribution in [1.29, 1.82) is 0 Å². The highest BCUT2D eigenvalue weighted by Crippen LogP contribution is 2.17. The third-order valence-electron chi connectivity index (χ3n) is 3.64. The maximum atomic E-state index is 10.8. The molecule has 0 heterocycles. The Labute approximate surface area is 152 Å². The van der Waals surface area contributed by atoms with Gasteiger partial charge in [-0.3, -0.25) is 15.5 Å². The van der Waals surface area contributed by atoms with E-state index >= 15 is 0 Å². The zero-order chi connectivity index (χ0) is 18.4. The molecular weight excluding hydrogens is 336 g/mol. The van der Waals surface area contributed by atoms with Crippen molar-refractivity contribution < 1.29 is 4.92 Å². The third kappa shape index (κ3) is 5.36. The Kier molecular flexibility index (Phi) is 6.19. The van der Waals surface area contributed by atoms with Gasteiger partial charge < -0.3 is 5.32 Å². The summed E-state index contributed by atoms with van der Waals surface area (Å²) in [5.41, 5.74) is 6.16. The molecule has 2 N–H and O–H groups in total. The van der Waals surface area contributed by atoms with E-state index in [2.05, 4.69) is 29.7 Å². The summed E-state index contributed by atoms with van der Waals surface area (Å²) in [7, 11) is 0. The van der Waals surface area contributed by atoms with Gasteiger partial charge in [0.05, 0.1) is 10.6 Å². The van der Waals surface area contributed by atoms with Gasteiger partial charge in [-0.1, -0.05) is 38.1 Å². The average molecular weight is 356 g/mol. The molecule has 2 aromatic carbocycles. The summed E-state index contributed by atoms with van der Waals surface area (Å²) in [6.07, 6.45) is 0. The fourth-order valence-corrected chi connectivity index (χ4v) is 2.32. The molecule has 0 fully saturated rings. The molecule has 2 aromatic rings. The molecule has 0 amide bonds. The Morgan fingerprint density at radius 2 is 1.88 bits per heavy atom. The van der Waals surface area contributed by atoms with Crippen LogP contribution in [0.25, 0.3) is 0 Å². The number of non-ortho nitro benzene ring substituents is 1. The lowest BCUT2D eigenvalue weighted by Gasteiger charge is -2.10. The summed E-state index contributed by atoms with van der Waals surface area (Å²) in [6, 6.07) is 14.3. The van der Waals surface area contributed by atoms with Crippen LogP contribution in [-0.4, -0.2) is 15.7 Å². The molecule has 0 saturated carbocycles. The van der Waals surface area contributed by atoms with E-state index in [1.54, 1.807) is 19.1 Å². The van der Waals surface area contributed by atoms with Crippen molar-refractivity contribution in [2.75, 3.05) is 5.32 Å². The number of nitro groups is 1. The molecule has 0 atom stereocenters. The minimum atomic E-state index is -0.433. The minimum absolute atomic E-state index is 0.0259. The van der Waals surface area contributed by atoms with Crippen LogP contribution in [0.2, 0.25) is 0 Å². The van der Waals surface area contributed by atoms with E-state index in [1.807, 2.05) is 24.3 Å². The number of nitrogens with one attached hydrogen (secondary N) is 2. The van der Waals surface area contributed by atoms with Gasteiger partial charge in [-0.2, -0.15) is 5.10 Å². The highest BCUT2D eigenvalue weighted by Gasteiger charge is 2.07. The Bertz CT molecular complexity index is 801. The topological polar surface area (TPSA) is 79.6 Å². The van der Waals surface area contributed by atoms with Gasteiger partial charge in [0.2, 0.25) is 0 Å². The largest absolute Gasteiger partial charge is 0.331 e. The van der Waals surface area contributed by atoms with Crippen molar-refractivity contribution >= 4 is 34.4 Å². The number of hydrogen-bond acceptors (Lipinski definition) is 4. The highest BCUT2D eigenvalue weighted by atomic mass is 32.1. The molecule has 0 unspecified atom stereocenters. The molecule has 7 heteroatoms. The van der Waals surface area contributed by atoms with Crippen LogP contribution in [0.4, 0.5) is 11.4 Å². The number of thiocarbonyl (C=S) groups is 1. The van der Waals surface area contributed by atoms with Crippen molar-refractivity contribution in [3.8, 4) is 0 Å². The molecule has 0 aromatic heterocycles. The fraction of sp³-hybridized carbons (Fsp3) is 0.222.